The Morgan fingerprint density at radius 3 is 2.00 bits per heavy atom. The number of phenols is 4. The van der Waals surface area contributed by atoms with E-state index in [4.69, 9.17) is 0 Å². The molecule has 0 heterocycles. The molecular formula is C16H15NO7. The molecular weight excluding hydrogens is 318 g/mol. The van der Waals surface area contributed by atoms with Crippen LogP contribution in [0, 0.1) is 0 Å². The minimum atomic E-state index is -1.29. The molecule has 8 nitrogen and oxygen atoms in total. The Balaban J connectivity index is 2.15. The van der Waals surface area contributed by atoms with Crippen molar-refractivity contribution in [3.05, 3.63) is 47.5 Å². The van der Waals surface area contributed by atoms with Crippen LogP contribution in [-0.4, -0.2) is 43.5 Å². The highest BCUT2D eigenvalue weighted by atomic mass is 16.4. The van der Waals surface area contributed by atoms with Crippen molar-refractivity contribution < 1.29 is 35.1 Å². The van der Waals surface area contributed by atoms with Crippen molar-refractivity contribution in [2.45, 2.75) is 12.5 Å². The second-order valence-electron chi connectivity index (χ2n) is 5.09. The van der Waals surface area contributed by atoms with Crippen LogP contribution < -0.4 is 5.32 Å². The quantitative estimate of drug-likeness (QED) is 0.446. The predicted octanol–water partition coefficient (Wildman–Crippen LogP) is 0.935. The highest BCUT2D eigenvalue weighted by molar-refractivity contribution is 5.97. The average Bonchev–Trinajstić information content (AvgIpc) is 2.52. The Morgan fingerprint density at radius 2 is 1.46 bits per heavy atom. The SMILES string of the molecule is O=C(NC(Cc1ccc(O)c(O)c1)C(=O)O)c1ccc(O)c(O)c1. The van der Waals surface area contributed by atoms with E-state index in [9.17, 15) is 35.1 Å². The van der Waals surface area contributed by atoms with Crippen LogP contribution in [0.5, 0.6) is 23.0 Å². The maximum atomic E-state index is 12.1. The third-order valence-corrected chi connectivity index (χ3v) is 3.32. The fraction of sp³-hybridized carbons (Fsp3) is 0.125. The van der Waals surface area contributed by atoms with Crippen LogP contribution in [0.4, 0.5) is 0 Å². The zero-order valence-corrected chi connectivity index (χ0v) is 12.3. The van der Waals surface area contributed by atoms with Gasteiger partial charge in [0.2, 0.25) is 0 Å². The molecule has 2 aromatic carbocycles. The number of phenolic OH excluding ortho intramolecular Hbond substituents is 4. The molecule has 6 N–H and O–H groups in total. The van der Waals surface area contributed by atoms with Crippen LogP contribution in [0.25, 0.3) is 0 Å². The predicted molar refractivity (Wildman–Crippen MR) is 82.1 cm³/mol. The number of aliphatic carboxylic acids is 1. The van der Waals surface area contributed by atoms with Gasteiger partial charge in [0, 0.05) is 12.0 Å². The molecule has 0 saturated heterocycles. The molecule has 1 atom stereocenters. The summed E-state index contributed by atoms with van der Waals surface area (Å²) < 4.78 is 0. The van der Waals surface area contributed by atoms with E-state index in [2.05, 4.69) is 5.32 Å². The standard InChI is InChI=1S/C16H15NO7/c18-11-3-1-8(6-13(11)20)5-10(16(23)24)17-15(22)9-2-4-12(19)14(21)7-9/h1-4,6-7,10,18-21H,5H2,(H,17,22)(H,23,24). The number of hydrogen-bond donors (Lipinski definition) is 6. The third kappa shape index (κ3) is 3.86. The van der Waals surface area contributed by atoms with Gasteiger partial charge >= 0.3 is 5.97 Å². The fourth-order valence-electron chi connectivity index (χ4n) is 2.04. The molecule has 126 valence electrons. The highest BCUT2D eigenvalue weighted by Gasteiger charge is 2.22. The maximum absolute atomic E-state index is 12.1. The van der Waals surface area contributed by atoms with Crippen LogP contribution in [0.2, 0.25) is 0 Å². The summed E-state index contributed by atoms with van der Waals surface area (Å²) in [6, 6.07) is 5.89. The number of carbonyl (C=O) groups excluding carboxylic acids is 1. The van der Waals surface area contributed by atoms with Crippen molar-refractivity contribution in [3.8, 4) is 23.0 Å². The number of carbonyl (C=O) groups is 2. The van der Waals surface area contributed by atoms with E-state index in [1.165, 1.54) is 24.3 Å². The van der Waals surface area contributed by atoms with Crippen LogP contribution >= 0.6 is 0 Å². The van der Waals surface area contributed by atoms with E-state index in [1.54, 1.807) is 0 Å². The molecule has 2 aromatic rings. The number of rotatable bonds is 5. The number of hydrogen-bond acceptors (Lipinski definition) is 6. The van der Waals surface area contributed by atoms with Gasteiger partial charge in [0.1, 0.15) is 6.04 Å². The highest BCUT2D eigenvalue weighted by Crippen LogP contribution is 2.26. The zero-order valence-electron chi connectivity index (χ0n) is 12.3. The molecule has 0 spiro atoms. The summed E-state index contributed by atoms with van der Waals surface area (Å²) in [6.07, 6.45) is -0.126. The van der Waals surface area contributed by atoms with Crippen LogP contribution in [-0.2, 0) is 11.2 Å². The van der Waals surface area contributed by atoms with Crippen molar-refractivity contribution >= 4 is 11.9 Å². The number of carboxylic acid groups (broad SMARTS) is 1. The zero-order chi connectivity index (χ0) is 17.9. The Labute approximate surface area is 136 Å². The van der Waals surface area contributed by atoms with Gasteiger partial charge in [0.15, 0.2) is 23.0 Å². The molecule has 0 aliphatic carbocycles. The molecule has 0 radical (unpaired) electrons. The minimum Gasteiger partial charge on any atom is -0.504 e. The summed E-state index contributed by atoms with van der Waals surface area (Å²) in [5, 5.41) is 48.8. The van der Waals surface area contributed by atoms with E-state index >= 15 is 0 Å². The van der Waals surface area contributed by atoms with Crippen LogP contribution in [0.1, 0.15) is 15.9 Å². The topological polar surface area (TPSA) is 147 Å². The van der Waals surface area contributed by atoms with Crippen LogP contribution in [0.3, 0.4) is 0 Å². The van der Waals surface area contributed by atoms with Crippen LogP contribution in [0.15, 0.2) is 36.4 Å². The van der Waals surface area contributed by atoms with Gasteiger partial charge in [0.25, 0.3) is 5.91 Å². The summed E-state index contributed by atoms with van der Waals surface area (Å²) in [5.41, 5.74) is 0.372. The van der Waals surface area contributed by atoms with Gasteiger partial charge in [-0.2, -0.15) is 0 Å². The Bertz CT molecular complexity index is 788. The fourth-order valence-corrected chi connectivity index (χ4v) is 2.04. The van der Waals surface area contributed by atoms with Gasteiger partial charge in [0.05, 0.1) is 0 Å². The summed E-state index contributed by atoms with van der Waals surface area (Å²) in [6.45, 7) is 0. The first-order chi connectivity index (χ1) is 11.3. The van der Waals surface area contributed by atoms with E-state index in [0.29, 0.717) is 5.56 Å². The summed E-state index contributed by atoms with van der Waals surface area (Å²) in [7, 11) is 0. The van der Waals surface area contributed by atoms with Gasteiger partial charge in [-0.15, -0.1) is 0 Å². The largest absolute Gasteiger partial charge is 0.504 e. The maximum Gasteiger partial charge on any atom is 0.326 e. The molecule has 1 amide bonds. The molecule has 0 fully saturated rings. The molecule has 0 aliphatic rings. The van der Waals surface area contributed by atoms with Gasteiger partial charge < -0.3 is 30.8 Å². The second-order valence-corrected chi connectivity index (χ2v) is 5.09. The third-order valence-electron chi connectivity index (χ3n) is 3.32. The molecule has 8 heteroatoms. The Morgan fingerprint density at radius 1 is 0.875 bits per heavy atom. The monoisotopic (exact) mass is 333 g/mol. The van der Waals surface area contributed by atoms with Crippen molar-refractivity contribution in [1.29, 1.82) is 0 Å². The van der Waals surface area contributed by atoms with Crippen molar-refractivity contribution in [2.75, 3.05) is 0 Å². The van der Waals surface area contributed by atoms with E-state index in [1.807, 2.05) is 0 Å². The number of benzene rings is 2. The molecule has 1 unspecified atom stereocenters. The van der Waals surface area contributed by atoms with Gasteiger partial charge in [-0.25, -0.2) is 4.79 Å². The van der Waals surface area contributed by atoms with E-state index in [0.717, 1.165) is 12.1 Å². The van der Waals surface area contributed by atoms with Crippen molar-refractivity contribution in [3.63, 3.8) is 0 Å². The lowest BCUT2D eigenvalue weighted by Crippen LogP contribution is -2.42. The normalized spacial score (nSPS) is 11.7. The van der Waals surface area contributed by atoms with E-state index < -0.39 is 35.2 Å². The first-order valence-corrected chi connectivity index (χ1v) is 6.84. The number of aromatic hydroxyl groups is 4. The smallest absolute Gasteiger partial charge is 0.326 e. The van der Waals surface area contributed by atoms with Gasteiger partial charge in [-0.05, 0) is 35.9 Å². The van der Waals surface area contributed by atoms with Gasteiger partial charge in [-0.3, -0.25) is 4.79 Å². The van der Waals surface area contributed by atoms with Crippen molar-refractivity contribution in [2.24, 2.45) is 0 Å². The summed E-state index contributed by atoms with van der Waals surface area (Å²) >= 11 is 0. The Kier molecular flexibility index (Phi) is 4.78. The number of carboxylic acids is 1. The first-order valence-electron chi connectivity index (χ1n) is 6.84. The Hall–Kier alpha value is -3.42. The molecule has 0 saturated carbocycles. The average molecular weight is 333 g/mol. The molecule has 2 rings (SSSR count). The van der Waals surface area contributed by atoms with Gasteiger partial charge in [-0.1, -0.05) is 6.07 Å². The van der Waals surface area contributed by atoms with Crippen molar-refractivity contribution in [1.82, 2.24) is 5.32 Å². The number of amides is 1. The molecule has 24 heavy (non-hydrogen) atoms. The lowest BCUT2D eigenvalue weighted by molar-refractivity contribution is -0.139. The first kappa shape index (κ1) is 16.9. The lowest BCUT2D eigenvalue weighted by atomic mass is 10.0. The minimum absolute atomic E-state index is 0.0231. The second kappa shape index (κ2) is 6.78. The lowest BCUT2D eigenvalue weighted by Gasteiger charge is -2.15. The molecule has 0 bridgehead atoms. The molecule has 0 aliphatic heterocycles. The summed E-state index contributed by atoms with van der Waals surface area (Å²) in [4.78, 5) is 23.4. The van der Waals surface area contributed by atoms with E-state index in [-0.39, 0.29) is 17.7 Å². The molecule has 0 aromatic heterocycles. The number of nitrogens with one attached hydrogen (secondary N) is 1. The summed E-state index contributed by atoms with van der Waals surface area (Å²) in [5.74, 6) is -3.68.